The third-order valence-electron chi connectivity index (χ3n) is 6.48. The van der Waals surface area contributed by atoms with Crippen LogP contribution in [0.2, 0.25) is 0 Å². The highest BCUT2D eigenvalue weighted by Gasteiger charge is 2.40. The Morgan fingerprint density at radius 2 is 1.83 bits per heavy atom. The average Bonchev–Trinajstić information content (AvgIpc) is 3.37. The molecule has 0 amide bonds. The summed E-state index contributed by atoms with van der Waals surface area (Å²) in [6.07, 6.45) is 4.23. The number of nitrogens with zero attached hydrogens (tertiary/aromatic N) is 5. The third kappa shape index (κ3) is 3.81. The van der Waals surface area contributed by atoms with Crippen LogP contribution < -0.4 is 5.32 Å². The van der Waals surface area contributed by atoms with Gasteiger partial charge < -0.3 is 5.32 Å². The molecule has 2 fully saturated rings. The van der Waals surface area contributed by atoms with E-state index in [2.05, 4.69) is 25.5 Å². The van der Waals surface area contributed by atoms with Crippen molar-refractivity contribution in [1.29, 1.82) is 0 Å². The number of rotatable bonds is 5. The Bertz CT molecular complexity index is 1020. The largest absolute Gasteiger partial charge is 0.366 e. The van der Waals surface area contributed by atoms with E-state index in [1.807, 2.05) is 44.4 Å². The molecule has 1 N–H and O–H groups in total. The summed E-state index contributed by atoms with van der Waals surface area (Å²) < 4.78 is 15.7. The highest BCUT2D eigenvalue weighted by atomic mass is 19.1. The molecular formula is C23H27FN6. The van der Waals surface area contributed by atoms with Crippen LogP contribution in [0, 0.1) is 24.6 Å². The summed E-state index contributed by atoms with van der Waals surface area (Å²) in [5.41, 5.74) is 3.61. The molecule has 2 aliphatic rings. The molecule has 2 aromatic heterocycles. The van der Waals surface area contributed by atoms with Crippen LogP contribution in [0.25, 0.3) is 11.3 Å². The molecule has 6 nitrogen and oxygen atoms in total. The molecule has 0 spiro atoms. The highest BCUT2D eigenvalue weighted by Crippen LogP contribution is 2.39. The first kappa shape index (κ1) is 19.2. The molecular weight excluding hydrogens is 379 g/mol. The second-order valence-electron chi connectivity index (χ2n) is 8.72. The first-order valence-corrected chi connectivity index (χ1v) is 10.6. The fourth-order valence-electron chi connectivity index (χ4n) is 5.12. The molecule has 5 rings (SSSR count). The number of fused-ring (bicyclic) bond motifs is 1. The van der Waals surface area contributed by atoms with Gasteiger partial charge in [-0.2, -0.15) is 5.10 Å². The normalized spacial score (nSPS) is 23.6. The maximum Gasteiger partial charge on any atom is 0.148 e. The minimum atomic E-state index is -0.0994. The van der Waals surface area contributed by atoms with Crippen LogP contribution in [0.1, 0.15) is 24.1 Å². The van der Waals surface area contributed by atoms with Gasteiger partial charge in [-0.15, -0.1) is 10.2 Å². The number of nitrogens with one attached hydrogen (secondary N) is 1. The van der Waals surface area contributed by atoms with Crippen LogP contribution in [0.5, 0.6) is 0 Å². The maximum atomic E-state index is 13.9. The van der Waals surface area contributed by atoms with Crippen LogP contribution in [0.3, 0.4) is 0 Å². The van der Waals surface area contributed by atoms with Gasteiger partial charge in [-0.05, 0) is 49.8 Å². The van der Waals surface area contributed by atoms with E-state index in [4.69, 9.17) is 0 Å². The van der Waals surface area contributed by atoms with Crippen LogP contribution in [-0.4, -0.2) is 44.0 Å². The first-order valence-electron chi connectivity index (χ1n) is 10.6. The van der Waals surface area contributed by atoms with E-state index in [9.17, 15) is 4.39 Å². The van der Waals surface area contributed by atoms with Gasteiger partial charge in [0.2, 0.25) is 0 Å². The van der Waals surface area contributed by atoms with E-state index >= 15 is 0 Å². The molecule has 0 radical (unpaired) electrons. The lowest BCUT2D eigenvalue weighted by Gasteiger charge is -2.20. The van der Waals surface area contributed by atoms with E-state index in [0.717, 1.165) is 54.3 Å². The van der Waals surface area contributed by atoms with Gasteiger partial charge in [-0.3, -0.25) is 9.58 Å². The van der Waals surface area contributed by atoms with Gasteiger partial charge in [0, 0.05) is 50.0 Å². The lowest BCUT2D eigenvalue weighted by Crippen LogP contribution is -2.25. The van der Waals surface area contributed by atoms with E-state index in [-0.39, 0.29) is 5.82 Å². The predicted octanol–water partition coefficient (Wildman–Crippen LogP) is 3.65. The smallest absolute Gasteiger partial charge is 0.148 e. The number of benzene rings is 1. The van der Waals surface area contributed by atoms with Crippen molar-refractivity contribution in [2.75, 3.05) is 18.4 Å². The van der Waals surface area contributed by atoms with Crippen molar-refractivity contribution < 1.29 is 4.39 Å². The molecule has 1 unspecified atom stereocenters. The van der Waals surface area contributed by atoms with Gasteiger partial charge in [0.15, 0.2) is 0 Å². The summed E-state index contributed by atoms with van der Waals surface area (Å²) in [5, 5.41) is 16.7. The predicted molar refractivity (Wildman–Crippen MR) is 114 cm³/mol. The Morgan fingerprint density at radius 1 is 1.07 bits per heavy atom. The number of halogens is 1. The zero-order chi connectivity index (χ0) is 20.7. The van der Waals surface area contributed by atoms with Gasteiger partial charge in [0.25, 0.3) is 0 Å². The number of hydrogen-bond donors (Lipinski definition) is 1. The molecule has 1 aromatic carbocycles. The molecule has 0 bridgehead atoms. The monoisotopic (exact) mass is 406 g/mol. The van der Waals surface area contributed by atoms with Crippen LogP contribution in [0.15, 0.2) is 42.6 Å². The summed E-state index contributed by atoms with van der Waals surface area (Å²) >= 11 is 0. The van der Waals surface area contributed by atoms with E-state index in [1.54, 1.807) is 16.8 Å². The van der Waals surface area contributed by atoms with Crippen molar-refractivity contribution >= 4 is 5.82 Å². The minimum absolute atomic E-state index is 0.0994. The van der Waals surface area contributed by atoms with Crippen LogP contribution >= 0.6 is 0 Å². The lowest BCUT2D eigenvalue weighted by molar-refractivity contribution is 0.296. The number of aromatic nitrogens is 4. The van der Waals surface area contributed by atoms with Crippen molar-refractivity contribution in [2.45, 2.75) is 32.4 Å². The van der Waals surface area contributed by atoms with Crippen molar-refractivity contribution in [3.05, 3.63) is 59.7 Å². The van der Waals surface area contributed by atoms with E-state index in [0.29, 0.717) is 24.4 Å². The molecule has 3 atom stereocenters. The van der Waals surface area contributed by atoms with Gasteiger partial charge >= 0.3 is 0 Å². The number of anilines is 1. The summed E-state index contributed by atoms with van der Waals surface area (Å²) in [5.74, 6) is 2.06. The highest BCUT2D eigenvalue weighted by molar-refractivity contribution is 5.61. The molecule has 1 saturated heterocycles. The Kier molecular flexibility index (Phi) is 4.98. The molecule has 3 heterocycles. The lowest BCUT2D eigenvalue weighted by atomic mass is 10.0. The summed E-state index contributed by atoms with van der Waals surface area (Å²) in [6.45, 7) is 4.78. The van der Waals surface area contributed by atoms with Crippen molar-refractivity contribution in [2.24, 2.45) is 18.9 Å². The summed E-state index contributed by atoms with van der Waals surface area (Å²) in [6, 6.07) is 11.5. The second-order valence-corrected chi connectivity index (χ2v) is 8.72. The maximum absolute atomic E-state index is 13.9. The Hall–Kier alpha value is -2.80. The molecule has 3 aromatic rings. The zero-order valence-corrected chi connectivity index (χ0v) is 17.4. The standard InChI is InChI=1S/C23H27FN6/c1-15-20(14-29(2)28-15)22-7-8-23(27-26-22)25-19-9-17-12-30(13-18(17)10-19)11-16-5-3-4-6-21(16)24/h3-8,14,17-19H,9-13H2,1-2H3,(H,25,27)/t17-,18+,19?. The van der Waals surface area contributed by atoms with Crippen LogP contribution in [0.4, 0.5) is 10.2 Å². The van der Waals surface area contributed by atoms with Crippen molar-refractivity contribution in [1.82, 2.24) is 24.9 Å². The number of aryl methyl sites for hydroxylation is 2. The summed E-state index contributed by atoms with van der Waals surface area (Å²) in [7, 11) is 1.91. The molecule has 1 aliphatic carbocycles. The molecule has 1 saturated carbocycles. The Labute approximate surface area is 176 Å². The van der Waals surface area contributed by atoms with Gasteiger partial charge in [0.05, 0.1) is 11.4 Å². The topological polar surface area (TPSA) is 58.9 Å². The first-order chi connectivity index (χ1) is 14.5. The quantitative estimate of drug-likeness (QED) is 0.701. The molecule has 1 aliphatic heterocycles. The zero-order valence-electron chi connectivity index (χ0n) is 17.4. The van der Waals surface area contributed by atoms with Crippen LogP contribution in [-0.2, 0) is 13.6 Å². The molecule has 156 valence electrons. The van der Waals surface area contributed by atoms with Gasteiger partial charge in [-0.1, -0.05) is 18.2 Å². The van der Waals surface area contributed by atoms with Gasteiger partial charge in [-0.25, -0.2) is 4.39 Å². The Balaban J connectivity index is 1.16. The summed E-state index contributed by atoms with van der Waals surface area (Å²) in [4.78, 5) is 2.40. The van der Waals surface area contributed by atoms with Gasteiger partial charge in [0.1, 0.15) is 11.6 Å². The number of hydrogen-bond acceptors (Lipinski definition) is 5. The van der Waals surface area contributed by atoms with Crippen molar-refractivity contribution in [3.63, 3.8) is 0 Å². The van der Waals surface area contributed by atoms with E-state index in [1.165, 1.54) is 0 Å². The molecule has 7 heteroatoms. The van der Waals surface area contributed by atoms with Crippen molar-refractivity contribution in [3.8, 4) is 11.3 Å². The second kappa shape index (κ2) is 7.80. The average molecular weight is 407 g/mol. The van der Waals surface area contributed by atoms with E-state index < -0.39 is 0 Å². The fraction of sp³-hybridized carbons (Fsp3) is 0.435. The molecule has 30 heavy (non-hydrogen) atoms. The SMILES string of the molecule is Cc1nn(C)cc1-c1ccc(NC2C[C@@H]3CN(Cc4ccccc4F)C[C@@H]3C2)nn1. The number of likely N-dealkylation sites (tertiary alicyclic amines) is 1. The third-order valence-corrected chi connectivity index (χ3v) is 6.48. The fourth-order valence-corrected chi connectivity index (χ4v) is 5.12. The Morgan fingerprint density at radius 3 is 2.47 bits per heavy atom. The minimum Gasteiger partial charge on any atom is -0.366 e.